The standard InChI is InChI=1S/C16H23N3O/c20-16(14-8-6-10-17-14)18-13-7-2-3-9-15(13)19-11-4-1-5-12-19/h2-3,7,9,14,17H,1,4-6,8,10-12H2,(H,18,20). The van der Waals surface area contributed by atoms with E-state index in [1.807, 2.05) is 18.2 Å². The number of carbonyl (C=O) groups excluding carboxylic acids is 1. The summed E-state index contributed by atoms with van der Waals surface area (Å²) in [6.07, 6.45) is 5.83. The van der Waals surface area contributed by atoms with Gasteiger partial charge in [-0.25, -0.2) is 0 Å². The molecule has 2 aliphatic heterocycles. The van der Waals surface area contributed by atoms with Gasteiger partial charge < -0.3 is 15.5 Å². The minimum atomic E-state index is -0.0237. The molecule has 1 amide bonds. The Bertz CT molecular complexity index is 463. The van der Waals surface area contributed by atoms with E-state index in [-0.39, 0.29) is 11.9 Å². The Morgan fingerprint density at radius 3 is 2.70 bits per heavy atom. The lowest BCUT2D eigenvalue weighted by atomic mass is 10.1. The van der Waals surface area contributed by atoms with Crippen LogP contribution in [-0.2, 0) is 4.79 Å². The predicted molar refractivity (Wildman–Crippen MR) is 82.2 cm³/mol. The molecule has 0 saturated carbocycles. The second-order valence-electron chi connectivity index (χ2n) is 5.70. The summed E-state index contributed by atoms with van der Waals surface area (Å²) in [7, 11) is 0. The van der Waals surface area contributed by atoms with Gasteiger partial charge in [0.05, 0.1) is 17.4 Å². The molecule has 4 nitrogen and oxygen atoms in total. The van der Waals surface area contributed by atoms with Gasteiger partial charge in [-0.05, 0) is 50.8 Å². The molecular weight excluding hydrogens is 250 g/mol. The van der Waals surface area contributed by atoms with Crippen molar-refractivity contribution in [1.82, 2.24) is 5.32 Å². The average molecular weight is 273 g/mol. The molecular formula is C16H23N3O. The number of piperidine rings is 1. The van der Waals surface area contributed by atoms with Gasteiger partial charge in [0.1, 0.15) is 0 Å². The Hall–Kier alpha value is -1.55. The van der Waals surface area contributed by atoms with Crippen LogP contribution in [0.3, 0.4) is 0 Å². The van der Waals surface area contributed by atoms with Gasteiger partial charge in [-0.3, -0.25) is 4.79 Å². The predicted octanol–water partition coefficient (Wildman–Crippen LogP) is 2.37. The van der Waals surface area contributed by atoms with Crippen LogP contribution in [-0.4, -0.2) is 31.6 Å². The van der Waals surface area contributed by atoms with Crippen molar-refractivity contribution in [1.29, 1.82) is 0 Å². The largest absolute Gasteiger partial charge is 0.370 e. The van der Waals surface area contributed by atoms with Crippen molar-refractivity contribution in [2.45, 2.75) is 38.1 Å². The van der Waals surface area contributed by atoms with Crippen molar-refractivity contribution in [3.8, 4) is 0 Å². The van der Waals surface area contributed by atoms with Gasteiger partial charge in [0.2, 0.25) is 5.91 Å². The molecule has 1 aromatic rings. The maximum Gasteiger partial charge on any atom is 0.241 e. The van der Waals surface area contributed by atoms with Crippen molar-refractivity contribution >= 4 is 17.3 Å². The van der Waals surface area contributed by atoms with E-state index in [2.05, 4.69) is 21.6 Å². The summed E-state index contributed by atoms with van der Waals surface area (Å²) in [6.45, 7) is 3.13. The number of amides is 1. The van der Waals surface area contributed by atoms with E-state index >= 15 is 0 Å². The van der Waals surface area contributed by atoms with Crippen molar-refractivity contribution in [3.05, 3.63) is 24.3 Å². The number of rotatable bonds is 3. The Kier molecular flexibility index (Phi) is 4.21. The fraction of sp³-hybridized carbons (Fsp3) is 0.562. The third kappa shape index (κ3) is 2.96. The van der Waals surface area contributed by atoms with Gasteiger partial charge in [-0.2, -0.15) is 0 Å². The number of benzene rings is 1. The lowest BCUT2D eigenvalue weighted by Gasteiger charge is -2.30. The first-order valence-corrected chi connectivity index (χ1v) is 7.73. The molecule has 2 N–H and O–H groups in total. The van der Waals surface area contributed by atoms with Crippen LogP contribution in [0.1, 0.15) is 32.1 Å². The molecule has 0 bridgehead atoms. The average Bonchev–Trinajstić information content (AvgIpc) is 3.03. The molecule has 2 aliphatic rings. The molecule has 0 radical (unpaired) electrons. The normalized spacial score (nSPS) is 22.8. The van der Waals surface area contributed by atoms with E-state index in [0.717, 1.165) is 38.2 Å². The maximum atomic E-state index is 12.3. The summed E-state index contributed by atoms with van der Waals surface area (Å²) in [5, 5.41) is 6.36. The highest BCUT2D eigenvalue weighted by Crippen LogP contribution is 2.28. The summed E-state index contributed by atoms with van der Waals surface area (Å²) in [4.78, 5) is 14.6. The van der Waals surface area contributed by atoms with Crippen LogP contribution in [0.5, 0.6) is 0 Å². The molecule has 0 aliphatic carbocycles. The van der Waals surface area contributed by atoms with Crippen molar-refractivity contribution in [3.63, 3.8) is 0 Å². The van der Waals surface area contributed by atoms with Gasteiger partial charge in [0.15, 0.2) is 0 Å². The van der Waals surface area contributed by atoms with E-state index in [4.69, 9.17) is 0 Å². The Labute approximate surface area is 120 Å². The fourth-order valence-corrected chi connectivity index (χ4v) is 3.12. The summed E-state index contributed by atoms with van der Waals surface area (Å²) >= 11 is 0. The third-order valence-corrected chi connectivity index (χ3v) is 4.24. The highest BCUT2D eigenvalue weighted by Gasteiger charge is 2.23. The second kappa shape index (κ2) is 6.27. The molecule has 2 heterocycles. The zero-order valence-corrected chi connectivity index (χ0v) is 11.9. The van der Waals surface area contributed by atoms with Gasteiger partial charge in [0.25, 0.3) is 0 Å². The molecule has 0 spiro atoms. The zero-order chi connectivity index (χ0) is 13.8. The summed E-state index contributed by atoms with van der Waals surface area (Å²) in [5.74, 6) is 0.104. The van der Waals surface area contributed by atoms with Gasteiger partial charge in [-0.15, -0.1) is 0 Å². The van der Waals surface area contributed by atoms with E-state index in [9.17, 15) is 4.79 Å². The second-order valence-corrected chi connectivity index (χ2v) is 5.70. The SMILES string of the molecule is O=C(Nc1ccccc1N1CCCCC1)C1CCCN1. The minimum Gasteiger partial charge on any atom is -0.370 e. The minimum absolute atomic E-state index is 0.0237. The molecule has 1 aromatic carbocycles. The molecule has 4 heteroatoms. The summed E-state index contributed by atoms with van der Waals surface area (Å²) < 4.78 is 0. The smallest absolute Gasteiger partial charge is 0.241 e. The summed E-state index contributed by atoms with van der Waals surface area (Å²) in [6, 6.07) is 8.14. The first kappa shape index (κ1) is 13.4. The Morgan fingerprint density at radius 1 is 1.15 bits per heavy atom. The van der Waals surface area contributed by atoms with E-state index in [1.165, 1.54) is 24.9 Å². The van der Waals surface area contributed by atoms with Gasteiger partial charge in [0, 0.05) is 13.1 Å². The van der Waals surface area contributed by atoms with Crippen LogP contribution in [0.2, 0.25) is 0 Å². The Morgan fingerprint density at radius 2 is 1.95 bits per heavy atom. The first-order valence-electron chi connectivity index (χ1n) is 7.73. The zero-order valence-electron chi connectivity index (χ0n) is 11.9. The van der Waals surface area contributed by atoms with Gasteiger partial charge in [-0.1, -0.05) is 12.1 Å². The monoisotopic (exact) mass is 273 g/mol. The molecule has 2 saturated heterocycles. The lowest BCUT2D eigenvalue weighted by Crippen LogP contribution is -2.36. The fourth-order valence-electron chi connectivity index (χ4n) is 3.12. The van der Waals surface area contributed by atoms with Crippen LogP contribution in [0.15, 0.2) is 24.3 Å². The van der Waals surface area contributed by atoms with E-state index < -0.39 is 0 Å². The lowest BCUT2D eigenvalue weighted by molar-refractivity contribution is -0.117. The molecule has 0 aromatic heterocycles. The molecule has 1 unspecified atom stereocenters. The highest BCUT2D eigenvalue weighted by molar-refractivity contribution is 5.97. The number of nitrogens with one attached hydrogen (secondary N) is 2. The van der Waals surface area contributed by atoms with Crippen LogP contribution >= 0.6 is 0 Å². The van der Waals surface area contributed by atoms with E-state index in [0.29, 0.717) is 0 Å². The van der Waals surface area contributed by atoms with Crippen molar-refractivity contribution < 1.29 is 4.79 Å². The number of carbonyl (C=O) groups is 1. The summed E-state index contributed by atoms with van der Waals surface area (Å²) in [5.41, 5.74) is 2.12. The van der Waals surface area contributed by atoms with E-state index in [1.54, 1.807) is 0 Å². The maximum absolute atomic E-state index is 12.3. The molecule has 20 heavy (non-hydrogen) atoms. The number of hydrogen-bond acceptors (Lipinski definition) is 3. The van der Waals surface area contributed by atoms with Gasteiger partial charge >= 0.3 is 0 Å². The van der Waals surface area contributed by atoms with Crippen molar-refractivity contribution in [2.75, 3.05) is 29.9 Å². The van der Waals surface area contributed by atoms with Crippen LogP contribution in [0.25, 0.3) is 0 Å². The third-order valence-electron chi connectivity index (χ3n) is 4.24. The quantitative estimate of drug-likeness (QED) is 0.888. The topological polar surface area (TPSA) is 44.4 Å². The van der Waals surface area contributed by atoms with Crippen LogP contribution in [0.4, 0.5) is 11.4 Å². The molecule has 2 fully saturated rings. The molecule has 1 atom stereocenters. The number of hydrogen-bond donors (Lipinski definition) is 2. The number of nitrogens with zero attached hydrogens (tertiary/aromatic N) is 1. The van der Waals surface area contributed by atoms with Crippen LogP contribution in [0, 0.1) is 0 Å². The highest BCUT2D eigenvalue weighted by atomic mass is 16.2. The Balaban J connectivity index is 1.73. The molecule has 108 valence electrons. The molecule has 3 rings (SSSR count). The number of para-hydroxylation sites is 2. The first-order chi connectivity index (χ1) is 9.84. The van der Waals surface area contributed by atoms with Crippen molar-refractivity contribution in [2.24, 2.45) is 0 Å². The van der Waals surface area contributed by atoms with Crippen LogP contribution < -0.4 is 15.5 Å². The number of anilines is 2.